The first-order chi connectivity index (χ1) is 12.3. The van der Waals surface area contributed by atoms with Crippen LogP contribution in [0.15, 0.2) is 52.0 Å². The predicted molar refractivity (Wildman–Crippen MR) is 94.9 cm³/mol. The lowest BCUT2D eigenvalue weighted by molar-refractivity contribution is 0.620. The molecule has 25 heavy (non-hydrogen) atoms. The molecule has 0 unspecified atom stereocenters. The molecule has 2 aliphatic rings. The number of fused-ring (bicyclic) bond motifs is 1. The van der Waals surface area contributed by atoms with Crippen molar-refractivity contribution >= 4 is 12.2 Å². The zero-order valence-electron chi connectivity index (χ0n) is 14.1. The smallest absolute Gasteiger partial charge is 0.162 e. The third-order valence-electron chi connectivity index (χ3n) is 4.35. The van der Waals surface area contributed by atoms with Gasteiger partial charge in [0.1, 0.15) is 11.5 Å². The van der Waals surface area contributed by atoms with Gasteiger partial charge in [-0.15, -0.1) is 0 Å². The minimum atomic E-state index is -0.379. The third kappa shape index (κ3) is 2.86. The number of allylic oxidation sites excluding steroid dienone is 1. The molecule has 0 amide bonds. The van der Waals surface area contributed by atoms with Crippen LogP contribution in [-0.4, -0.2) is 44.7 Å². The van der Waals surface area contributed by atoms with E-state index in [9.17, 15) is 4.39 Å². The number of aliphatic imine (C=N–C) groups is 2. The summed E-state index contributed by atoms with van der Waals surface area (Å²) in [5, 5.41) is 0. The second kappa shape index (κ2) is 6.58. The summed E-state index contributed by atoms with van der Waals surface area (Å²) in [6, 6.07) is 2.97. The average Bonchev–Trinajstić information content (AvgIpc) is 3.27. The minimum absolute atomic E-state index is 0.254. The lowest BCUT2D eigenvalue weighted by Gasteiger charge is -2.24. The van der Waals surface area contributed by atoms with Gasteiger partial charge in [0.05, 0.1) is 25.1 Å². The van der Waals surface area contributed by atoms with Crippen LogP contribution in [0.1, 0.15) is 19.8 Å². The first kappa shape index (κ1) is 15.7. The van der Waals surface area contributed by atoms with E-state index in [1.165, 1.54) is 11.6 Å². The van der Waals surface area contributed by atoms with E-state index in [-0.39, 0.29) is 11.5 Å². The Bertz CT molecular complexity index is 879. The van der Waals surface area contributed by atoms with Crippen molar-refractivity contribution in [3.05, 3.63) is 47.8 Å². The summed E-state index contributed by atoms with van der Waals surface area (Å²) in [6.07, 6.45) is 8.85. The third-order valence-corrected chi connectivity index (χ3v) is 4.35. The SMILES string of the molecule is CCCC1=C(Cn2ccnc2-c2ncccc2F)N=CN2CCN=C12. The lowest BCUT2D eigenvalue weighted by Crippen LogP contribution is -2.31. The van der Waals surface area contributed by atoms with Crippen molar-refractivity contribution in [1.29, 1.82) is 0 Å². The topological polar surface area (TPSA) is 58.7 Å². The van der Waals surface area contributed by atoms with Crippen LogP contribution in [0.5, 0.6) is 0 Å². The highest BCUT2D eigenvalue weighted by molar-refractivity contribution is 6.07. The van der Waals surface area contributed by atoms with Gasteiger partial charge >= 0.3 is 0 Å². The molecule has 2 aliphatic heterocycles. The summed E-state index contributed by atoms with van der Waals surface area (Å²) in [7, 11) is 0. The summed E-state index contributed by atoms with van der Waals surface area (Å²) in [4.78, 5) is 19.8. The van der Waals surface area contributed by atoms with Gasteiger partial charge in [0.25, 0.3) is 0 Å². The first-order valence-corrected chi connectivity index (χ1v) is 8.47. The number of hydrogen-bond acceptors (Lipinski definition) is 5. The Labute approximate surface area is 145 Å². The van der Waals surface area contributed by atoms with E-state index < -0.39 is 0 Å². The van der Waals surface area contributed by atoms with Gasteiger partial charge in [0, 0.05) is 30.7 Å². The van der Waals surface area contributed by atoms with Gasteiger partial charge in [0.2, 0.25) is 0 Å². The number of pyridine rings is 1. The predicted octanol–water partition coefficient (Wildman–Crippen LogP) is 2.89. The maximum Gasteiger partial charge on any atom is 0.162 e. The zero-order valence-corrected chi connectivity index (χ0v) is 14.1. The van der Waals surface area contributed by atoms with Crippen molar-refractivity contribution in [2.45, 2.75) is 26.3 Å². The summed E-state index contributed by atoms with van der Waals surface area (Å²) < 4.78 is 16.0. The van der Waals surface area contributed by atoms with E-state index in [1.54, 1.807) is 18.5 Å². The molecular weight excluding hydrogens is 319 g/mol. The van der Waals surface area contributed by atoms with Crippen LogP contribution in [0.25, 0.3) is 11.5 Å². The second-order valence-corrected chi connectivity index (χ2v) is 6.03. The quantitative estimate of drug-likeness (QED) is 0.842. The van der Waals surface area contributed by atoms with Gasteiger partial charge in [-0.1, -0.05) is 13.3 Å². The van der Waals surface area contributed by atoms with Crippen LogP contribution >= 0.6 is 0 Å². The maximum atomic E-state index is 14.1. The number of imidazole rings is 1. The molecule has 2 aromatic heterocycles. The highest BCUT2D eigenvalue weighted by Crippen LogP contribution is 2.26. The fraction of sp³-hybridized carbons (Fsp3) is 0.333. The summed E-state index contributed by atoms with van der Waals surface area (Å²) in [5.74, 6) is 1.15. The molecule has 0 saturated carbocycles. The van der Waals surface area contributed by atoms with E-state index in [4.69, 9.17) is 0 Å². The fourth-order valence-electron chi connectivity index (χ4n) is 3.20. The molecule has 0 atom stereocenters. The van der Waals surface area contributed by atoms with E-state index in [2.05, 4.69) is 31.8 Å². The number of hydrogen-bond donors (Lipinski definition) is 0. The normalized spacial score (nSPS) is 16.4. The number of aromatic nitrogens is 3. The Morgan fingerprint density at radius 3 is 3.00 bits per heavy atom. The molecule has 0 aliphatic carbocycles. The minimum Gasteiger partial charge on any atom is -0.324 e. The summed E-state index contributed by atoms with van der Waals surface area (Å²) in [6.45, 7) is 4.35. The van der Waals surface area contributed by atoms with Crippen molar-refractivity contribution in [3.63, 3.8) is 0 Å². The molecule has 4 rings (SSSR count). The van der Waals surface area contributed by atoms with Crippen molar-refractivity contribution in [3.8, 4) is 11.5 Å². The maximum absolute atomic E-state index is 14.1. The Morgan fingerprint density at radius 1 is 1.24 bits per heavy atom. The molecule has 6 nitrogen and oxygen atoms in total. The van der Waals surface area contributed by atoms with Gasteiger partial charge in [-0.05, 0) is 18.6 Å². The Kier molecular flexibility index (Phi) is 4.13. The molecule has 0 N–H and O–H groups in total. The average molecular weight is 338 g/mol. The van der Waals surface area contributed by atoms with Crippen LogP contribution in [-0.2, 0) is 6.54 Å². The molecule has 7 heteroatoms. The zero-order chi connectivity index (χ0) is 17.2. The Hall–Kier alpha value is -2.83. The first-order valence-electron chi connectivity index (χ1n) is 8.47. The van der Waals surface area contributed by atoms with E-state index in [0.29, 0.717) is 12.4 Å². The molecule has 0 bridgehead atoms. The van der Waals surface area contributed by atoms with Crippen LogP contribution in [0.2, 0.25) is 0 Å². The molecule has 0 aromatic carbocycles. The van der Waals surface area contributed by atoms with Gasteiger partial charge < -0.3 is 9.47 Å². The highest BCUT2D eigenvalue weighted by Gasteiger charge is 2.25. The van der Waals surface area contributed by atoms with E-state index in [1.807, 2.05) is 17.1 Å². The Balaban J connectivity index is 1.71. The van der Waals surface area contributed by atoms with Crippen LogP contribution in [0.4, 0.5) is 4.39 Å². The molecule has 2 aromatic rings. The van der Waals surface area contributed by atoms with Gasteiger partial charge in [-0.2, -0.15) is 0 Å². The molecule has 128 valence electrons. The van der Waals surface area contributed by atoms with Gasteiger partial charge in [-0.3, -0.25) is 4.99 Å². The largest absolute Gasteiger partial charge is 0.324 e. The number of nitrogens with zero attached hydrogens (tertiary/aromatic N) is 6. The fourth-order valence-corrected chi connectivity index (χ4v) is 3.20. The lowest BCUT2D eigenvalue weighted by atomic mass is 10.1. The van der Waals surface area contributed by atoms with Crippen LogP contribution in [0, 0.1) is 5.82 Å². The van der Waals surface area contributed by atoms with Crippen molar-refractivity contribution < 1.29 is 4.39 Å². The van der Waals surface area contributed by atoms with Crippen molar-refractivity contribution in [2.24, 2.45) is 9.98 Å². The van der Waals surface area contributed by atoms with Crippen LogP contribution < -0.4 is 0 Å². The molecule has 0 radical (unpaired) electrons. The number of halogens is 1. The molecule has 0 saturated heterocycles. The monoisotopic (exact) mass is 338 g/mol. The van der Waals surface area contributed by atoms with Gasteiger partial charge in [-0.25, -0.2) is 19.4 Å². The van der Waals surface area contributed by atoms with Crippen molar-refractivity contribution in [1.82, 2.24) is 19.4 Å². The molecule has 0 spiro atoms. The number of amidine groups is 1. The second-order valence-electron chi connectivity index (χ2n) is 6.03. The molecule has 0 fully saturated rings. The van der Waals surface area contributed by atoms with E-state index >= 15 is 0 Å². The van der Waals surface area contributed by atoms with Gasteiger partial charge in [0.15, 0.2) is 11.6 Å². The standard InChI is InChI=1S/C18H19FN6/c1-2-4-13-15(23-12-25-10-8-21-17(13)25)11-24-9-7-22-18(24)16-14(19)5-3-6-20-16/h3,5-7,9,12H,2,4,8,10-11H2,1H3. The summed E-state index contributed by atoms with van der Waals surface area (Å²) in [5.41, 5.74) is 2.38. The Morgan fingerprint density at radius 2 is 2.16 bits per heavy atom. The van der Waals surface area contributed by atoms with Crippen molar-refractivity contribution in [2.75, 3.05) is 13.1 Å². The molecule has 4 heterocycles. The summed E-state index contributed by atoms with van der Waals surface area (Å²) >= 11 is 0. The molecular formula is C18H19FN6. The highest BCUT2D eigenvalue weighted by atomic mass is 19.1. The van der Waals surface area contributed by atoms with E-state index in [0.717, 1.165) is 37.5 Å². The number of rotatable bonds is 5. The van der Waals surface area contributed by atoms with Crippen LogP contribution in [0.3, 0.4) is 0 Å².